The molecule has 6 nitrogen and oxygen atoms in total. The summed E-state index contributed by atoms with van der Waals surface area (Å²) in [6, 6.07) is 7.21. The van der Waals surface area contributed by atoms with Crippen LogP contribution in [0.5, 0.6) is 0 Å². The highest BCUT2D eigenvalue weighted by Gasteiger charge is 2.31. The molecular weight excluding hydrogens is 453 g/mol. The zero-order chi connectivity index (χ0) is 23.4. The fourth-order valence-electron chi connectivity index (χ4n) is 4.65. The molecule has 2 fully saturated rings. The standard InChI is InChI=1S/C26H25ClFN5O/c1-14-9-21-24(20-6-3-18(27)11-22(20)28)31-25(32-26(21)30-15(14)2)16-7-8-34-23(10-16)17-12-29-33(13-17)19-4-5-19/h3,6,9,11-13,16,19,23H,4-5,7-8,10H2,1-2H3. The van der Waals surface area contributed by atoms with E-state index in [1.54, 1.807) is 12.1 Å². The number of aryl methyl sites for hydroxylation is 2. The van der Waals surface area contributed by atoms with Crippen molar-refractivity contribution in [3.05, 3.63) is 70.1 Å². The van der Waals surface area contributed by atoms with E-state index >= 15 is 0 Å². The van der Waals surface area contributed by atoms with E-state index in [-0.39, 0.29) is 12.0 Å². The number of hydrogen-bond acceptors (Lipinski definition) is 5. The predicted molar refractivity (Wildman–Crippen MR) is 128 cm³/mol. The molecule has 0 N–H and O–H groups in total. The lowest BCUT2D eigenvalue weighted by Gasteiger charge is -2.28. The Bertz CT molecular complexity index is 1400. The molecule has 1 aliphatic carbocycles. The first kappa shape index (κ1) is 21.6. The highest BCUT2D eigenvalue weighted by atomic mass is 35.5. The van der Waals surface area contributed by atoms with Crippen molar-refractivity contribution in [2.45, 2.75) is 57.6 Å². The van der Waals surface area contributed by atoms with E-state index in [9.17, 15) is 4.39 Å². The minimum absolute atomic E-state index is 0.0611. The summed E-state index contributed by atoms with van der Waals surface area (Å²) in [5, 5.41) is 5.61. The van der Waals surface area contributed by atoms with Crippen molar-refractivity contribution >= 4 is 22.6 Å². The van der Waals surface area contributed by atoms with E-state index in [0.717, 1.165) is 35.0 Å². The maximum Gasteiger partial charge on any atom is 0.163 e. The first-order valence-electron chi connectivity index (χ1n) is 11.7. The molecule has 0 amide bonds. The molecule has 34 heavy (non-hydrogen) atoms. The minimum atomic E-state index is -0.408. The van der Waals surface area contributed by atoms with Gasteiger partial charge in [0.2, 0.25) is 0 Å². The van der Waals surface area contributed by atoms with Gasteiger partial charge in [-0.15, -0.1) is 0 Å². The molecule has 1 aromatic carbocycles. The van der Waals surface area contributed by atoms with Gasteiger partial charge < -0.3 is 4.74 Å². The summed E-state index contributed by atoms with van der Waals surface area (Å²) >= 11 is 6.02. The van der Waals surface area contributed by atoms with Crippen LogP contribution in [0.1, 0.15) is 66.4 Å². The molecule has 0 spiro atoms. The van der Waals surface area contributed by atoms with Gasteiger partial charge in [-0.2, -0.15) is 5.10 Å². The number of fused-ring (bicyclic) bond motifs is 1. The third-order valence-corrected chi connectivity index (χ3v) is 7.13. The van der Waals surface area contributed by atoms with Crippen LogP contribution in [0.25, 0.3) is 22.3 Å². The molecule has 4 aromatic rings. The topological polar surface area (TPSA) is 65.7 Å². The molecular formula is C26H25ClFN5O. The van der Waals surface area contributed by atoms with Crippen molar-refractivity contribution < 1.29 is 9.13 Å². The Balaban J connectivity index is 1.41. The molecule has 1 saturated heterocycles. The summed E-state index contributed by atoms with van der Waals surface area (Å²) in [6.45, 7) is 4.56. The number of benzene rings is 1. The molecule has 6 rings (SSSR count). The van der Waals surface area contributed by atoms with Crippen LogP contribution in [0, 0.1) is 19.7 Å². The van der Waals surface area contributed by atoms with Gasteiger partial charge in [0.15, 0.2) is 5.65 Å². The highest BCUT2D eigenvalue weighted by molar-refractivity contribution is 6.30. The van der Waals surface area contributed by atoms with Crippen LogP contribution in [0.3, 0.4) is 0 Å². The second-order valence-electron chi connectivity index (χ2n) is 9.38. The van der Waals surface area contributed by atoms with E-state index in [2.05, 4.69) is 11.3 Å². The highest BCUT2D eigenvalue weighted by Crippen LogP contribution is 2.40. The lowest BCUT2D eigenvalue weighted by atomic mass is 9.92. The minimum Gasteiger partial charge on any atom is -0.373 e. The summed E-state index contributed by atoms with van der Waals surface area (Å²) in [4.78, 5) is 14.5. The lowest BCUT2D eigenvalue weighted by molar-refractivity contribution is 0.00396. The van der Waals surface area contributed by atoms with Crippen molar-refractivity contribution in [1.29, 1.82) is 0 Å². The van der Waals surface area contributed by atoms with Gasteiger partial charge in [0.25, 0.3) is 0 Å². The molecule has 2 atom stereocenters. The molecule has 2 aliphatic rings. The SMILES string of the molecule is Cc1cc2c(-c3ccc(Cl)cc3F)nc(C3CCOC(c4cnn(C5CC5)c4)C3)nc2nc1C. The van der Waals surface area contributed by atoms with E-state index in [1.165, 1.54) is 18.9 Å². The van der Waals surface area contributed by atoms with Crippen LogP contribution in [0.4, 0.5) is 4.39 Å². The maximum atomic E-state index is 15.0. The van der Waals surface area contributed by atoms with Crippen LogP contribution in [0.15, 0.2) is 36.7 Å². The van der Waals surface area contributed by atoms with E-state index in [1.807, 2.05) is 30.8 Å². The molecule has 0 bridgehead atoms. The summed E-state index contributed by atoms with van der Waals surface area (Å²) in [6.07, 6.45) is 7.88. The Kier molecular flexibility index (Phi) is 5.34. The second kappa shape index (κ2) is 8.40. The monoisotopic (exact) mass is 477 g/mol. The summed E-state index contributed by atoms with van der Waals surface area (Å²) in [5.74, 6) is 0.342. The maximum absolute atomic E-state index is 15.0. The number of pyridine rings is 1. The fourth-order valence-corrected chi connectivity index (χ4v) is 4.81. The molecule has 1 saturated carbocycles. The lowest BCUT2D eigenvalue weighted by Crippen LogP contribution is -2.20. The molecule has 4 heterocycles. The Hall–Kier alpha value is -2.90. The first-order valence-corrected chi connectivity index (χ1v) is 12.1. The smallest absolute Gasteiger partial charge is 0.163 e. The van der Waals surface area contributed by atoms with Crippen LogP contribution in [0.2, 0.25) is 5.02 Å². The molecule has 2 unspecified atom stereocenters. The number of hydrogen-bond donors (Lipinski definition) is 0. The van der Waals surface area contributed by atoms with Gasteiger partial charge in [-0.1, -0.05) is 11.6 Å². The zero-order valence-electron chi connectivity index (χ0n) is 19.1. The summed E-state index contributed by atoms with van der Waals surface area (Å²) < 4.78 is 23.1. The van der Waals surface area contributed by atoms with Crippen LogP contribution in [-0.2, 0) is 4.74 Å². The molecule has 1 aliphatic heterocycles. The first-order chi connectivity index (χ1) is 16.5. The number of nitrogens with zero attached hydrogens (tertiary/aromatic N) is 5. The van der Waals surface area contributed by atoms with Gasteiger partial charge in [-0.3, -0.25) is 4.68 Å². The summed E-state index contributed by atoms with van der Waals surface area (Å²) in [7, 11) is 0. The molecule has 174 valence electrons. The molecule has 8 heteroatoms. The van der Waals surface area contributed by atoms with Crippen molar-refractivity contribution in [1.82, 2.24) is 24.7 Å². The van der Waals surface area contributed by atoms with Crippen molar-refractivity contribution in [3.63, 3.8) is 0 Å². The van der Waals surface area contributed by atoms with Crippen LogP contribution in [-0.4, -0.2) is 31.3 Å². The third-order valence-electron chi connectivity index (χ3n) is 6.90. The predicted octanol–water partition coefficient (Wildman–Crippen LogP) is 6.27. The average Bonchev–Trinajstić information content (AvgIpc) is 3.56. The number of ether oxygens (including phenoxy) is 1. The number of aromatic nitrogens is 5. The Morgan fingerprint density at radius 1 is 1.09 bits per heavy atom. The van der Waals surface area contributed by atoms with Crippen molar-refractivity contribution in [3.8, 4) is 11.3 Å². The number of rotatable bonds is 4. The van der Waals surface area contributed by atoms with Gasteiger partial charge in [-0.25, -0.2) is 19.3 Å². The van der Waals surface area contributed by atoms with Crippen molar-refractivity contribution in [2.24, 2.45) is 0 Å². The Morgan fingerprint density at radius 2 is 1.94 bits per heavy atom. The van der Waals surface area contributed by atoms with E-state index in [4.69, 9.17) is 31.3 Å². The van der Waals surface area contributed by atoms with Gasteiger partial charge in [-0.05, 0) is 69.4 Å². The van der Waals surface area contributed by atoms with Crippen LogP contribution >= 0.6 is 11.6 Å². The van der Waals surface area contributed by atoms with E-state index in [0.29, 0.717) is 40.4 Å². The summed E-state index contributed by atoms with van der Waals surface area (Å²) in [5.41, 5.74) is 4.54. The Labute approximate surface area is 202 Å². The average molecular weight is 478 g/mol. The normalized spacial score (nSPS) is 20.7. The van der Waals surface area contributed by atoms with E-state index < -0.39 is 5.82 Å². The second-order valence-corrected chi connectivity index (χ2v) is 9.82. The zero-order valence-corrected chi connectivity index (χ0v) is 19.9. The largest absolute Gasteiger partial charge is 0.373 e. The van der Waals surface area contributed by atoms with Gasteiger partial charge in [0.05, 0.1) is 24.0 Å². The van der Waals surface area contributed by atoms with Crippen molar-refractivity contribution in [2.75, 3.05) is 6.61 Å². The third kappa shape index (κ3) is 3.97. The quantitative estimate of drug-likeness (QED) is 0.346. The van der Waals surface area contributed by atoms with Gasteiger partial charge in [0, 0.05) is 46.0 Å². The van der Waals surface area contributed by atoms with Gasteiger partial charge >= 0.3 is 0 Å². The number of halogens is 2. The van der Waals surface area contributed by atoms with Crippen LogP contribution < -0.4 is 0 Å². The molecule has 3 aromatic heterocycles. The fraction of sp³-hybridized carbons (Fsp3) is 0.385. The Morgan fingerprint density at radius 3 is 2.74 bits per heavy atom. The molecule has 0 radical (unpaired) electrons. The van der Waals surface area contributed by atoms with Gasteiger partial charge in [0.1, 0.15) is 11.6 Å².